The first-order chi connectivity index (χ1) is 64.0. The summed E-state index contributed by atoms with van der Waals surface area (Å²) in [5, 5.41) is 18.1. The summed E-state index contributed by atoms with van der Waals surface area (Å²) in [5.74, 6) is 0. The number of rotatable bonds is 10. The average Bonchev–Trinajstić information content (AvgIpc) is 1.62. The van der Waals surface area contributed by atoms with Crippen LogP contribution in [0.4, 0.5) is 0 Å². The van der Waals surface area contributed by atoms with Crippen molar-refractivity contribution in [2.75, 3.05) is 0 Å². The molecule has 0 unspecified atom stereocenters. The van der Waals surface area contributed by atoms with E-state index in [0.29, 0.717) is 0 Å². The molecule has 129 heavy (non-hydrogen) atoms. The number of aromatic nitrogens is 6. The zero-order valence-electron chi connectivity index (χ0n) is 69.8. The van der Waals surface area contributed by atoms with Crippen molar-refractivity contribution in [2.45, 2.75) is 0 Å². The Morgan fingerprint density at radius 3 is 0.829 bits per heavy atom. The molecule has 0 saturated heterocycles. The lowest BCUT2D eigenvalue weighted by molar-refractivity contribution is 0.667. The average molecular weight is 1650 g/mol. The molecule has 0 N–H and O–H groups in total. The smallest absolute Gasteiger partial charge is 0.159 e. The van der Waals surface area contributed by atoms with Crippen molar-refractivity contribution in [2.24, 2.45) is 0 Å². The van der Waals surface area contributed by atoms with Crippen LogP contribution in [0.1, 0.15) is 0 Å². The second-order valence-corrected chi connectivity index (χ2v) is 33.3. The Bertz CT molecular complexity index is 9280. The minimum Gasteiger partial charge on any atom is -0.455 e. The zero-order valence-corrected chi connectivity index (χ0v) is 69.8. The third kappa shape index (κ3) is 11.7. The van der Waals surface area contributed by atoms with Crippen molar-refractivity contribution in [1.29, 1.82) is 0 Å². The van der Waals surface area contributed by atoms with E-state index in [1.54, 1.807) is 0 Å². The molecule has 0 radical (unpaired) electrons. The van der Waals surface area contributed by atoms with Crippen LogP contribution in [0.15, 0.2) is 475 Å². The van der Waals surface area contributed by atoms with E-state index in [1.807, 2.05) is 24.3 Å². The van der Waals surface area contributed by atoms with Gasteiger partial charge in [0.1, 0.15) is 27.9 Å². The van der Waals surface area contributed by atoms with Gasteiger partial charge in [-0.1, -0.05) is 315 Å². The summed E-state index contributed by atoms with van der Waals surface area (Å²) in [6.07, 6.45) is 6.56. The van der Waals surface area contributed by atoms with Gasteiger partial charge < -0.3 is 40.7 Å². The fourth-order valence-electron chi connectivity index (χ4n) is 20.5. The Hall–Kier alpha value is -17.4. The van der Waals surface area contributed by atoms with Crippen LogP contribution >= 0.6 is 0 Å². The lowest BCUT2D eigenvalue weighted by Gasteiger charge is -2.10. The van der Waals surface area contributed by atoms with Crippen LogP contribution in [0, 0.1) is 0 Å². The van der Waals surface area contributed by atoms with Crippen molar-refractivity contribution < 1.29 is 13.3 Å². The van der Waals surface area contributed by atoms with Gasteiger partial charge in [-0.2, -0.15) is 0 Å². The van der Waals surface area contributed by atoms with Gasteiger partial charge in [0.15, 0.2) is 5.58 Å². The molecular weight excluding hydrogens is 1570 g/mol. The number of hydrogen-bond donors (Lipinski definition) is 0. The third-order valence-electron chi connectivity index (χ3n) is 26.3. The maximum atomic E-state index is 6.74. The molecule has 19 aromatic carbocycles. The molecule has 0 spiro atoms. The van der Waals surface area contributed by atoms with Crippen LogP contribution in [-0.4, -0.2) is 27.4 Å². The highest BCUT2D eigenvalue weighted by Crippen LogP contribution is 2.47. The second-order valence-electron chi connectivity index (χ2n) is 33.3. The van der Waals surface area contributed by atoms with E-state index in [-0.39, 0.29) is 0 Å². The first-order valence-corrected chi connectivity index (χ1v) is 43.9. The third-order valence-corrected chi connectivity index (χ3v) is 26.3. The molecule has 28 rings (SSSR count). The molecule has 9 aromatic heterocycles. The van der Waals surface area contributed by atoms with E-state index in [1.165, 1.54) is 104 Å². The van der Waals surface area contributed by atoms with Crippen LogP contribution < -0.4 is 0 Å². The summed E-state index contributed by atoms with van der Waals surface area (Å²) in [6, 6.07) is 157. The number of hydrogen-bond acceptors (Lipinski definition) is 3. The van der Waals surface area contributed by atoms with Gasteiger partial charge in [0.2, 0.25) is 0 Å². The SMILES string of the molecule is c1ccc(-c2cccc3c2oc2c(-c4ccc(-n5ccc6c5ccc5c7ccccc7n(-c7ccccc7)c56)cc4)cccc23)cc1.c1ccc(-c2cccc3c2oc2c(-n4ccc5c4ccc4c6ccccc6n(-c6ccccc6)c45)cccc23)cc1.c1ccc(-n2c3ccccc3c3ccc4c(ccn4-c4ccc(-c5cccc6c5oc5ccccc56)cc4)c32)cc1. The molecule has 0 aliphatic heterocycles. The Kier molecular flexibility index (Phi) is 16.8. The fraction of sp³-hybridized carbons (Fsp3) is 0. The van der Waals surface area contributed by atoms with E-state index in [0.717, 1.165) is 139 Å². The van der Waals surface area contributed by atoms with Crippen molar-refractivity contribution in [3.05, 3.63) is 461 Å². The number of fused-ring (bicyclic) bond motifs is 24. The lowest BCUT2D eigenvalue weighted by Crippen LogP contribution is -1.95. The molecule has 0 saturated carbocycles. The van der Waals surface area contributed by atoms with E-state index < -0.39 is 0 Å². The van der Waals surface area contributed by atoms with Gasteiger partial charge in [-0.15, -0.1) is 0 Å². The van der Waals surface area contributed by atoms with Crippen LogP contribution in [-0.2, 0) is 0 Å². The van der Waals surface area contributed by atoms with Crippen LogP contribution in [0.25, 0.3) is 243 Å². The van der Waals surface area contributed by atoms with Crippen molar-refractivity contribution >= 4 is 164 Å². The van der Waals surface area contributed by atoms with E-state index >= 15 is 0 Å². The normalized spacial score (nSPS) is 11.9. The molecule has 0 aliphatic carbocycles. The first-order valence-electron chi connectivity index (χ1n) is 43.9. The molecule has 604 valence electrons. The van der Waals surface area contributed by atoms with E-state index in [9.17, 15) is 0 Å². The molecule has 0 fully saturated rings. The quantitative estimate of drug-likeness (QED) is 0.137. The summed E-state index contributed by atoms with van der Waals surface area (Å²) < 4.78 is 33.8. The molecule has 0 bridgehead atoms. The molecule has 0 atom stereocenters. The number of furan rings is 3. The summed E-state index contributed by atoms with van der Waals surface area (Å²) in [4.78, 5) is 0. The highest BCUT2D eigenvalue weighted by molar-refractivity contribution is 6.23. The largest absolute Gasteiger partial charge is 0.455 e. The van der Waals surface area contributed by atoms with Crippen molar-refractivity contribution in [3.8, 4) is 78.6 Å². The van der Waals surface area contributed by atoms with E-state index in [2.05, 4.69) is 465 Å². The zero-order chi connectivity index (χ0) is 84.7. The molecule has 9 heterocycles. The predicted molar refractivity (Wildman–Crippen MR) is 536 cm³/mol. The van der Waals surface area contributed by atoms with Gasteiger partial charge in [0.05, 0.1) is 55.3 Å². The monoisotopic (exact) mass is 1650 g/mol. The molecule has 28 aromatic rings. The predicted octanol–water partition coefficient (Wildman–Crippen LogP) is 32.5. The molecule has 0 amide bonds. The highest BCUT2D eigenvalue weighted by Gasteiger charge is 2.25. The summed E-state index contributed by atoms with van der Waals surface area (Å²) in [7, 11) is 0. The lowest BCUT2D eigenvalue weighted by atomic mass is 10.00. The Morgan fingerprint density at radius 1 is 0.147 bits per heavy atom. The molecule has 9 nitrogen and oxygen atoms in total. The number of para-hydroxylation sites is 12. The molecule has 0 aliphatic rings. The summed E-state index contributed by atoms with van der Waals surface area (Å²) in [6.45, 7) is 0. The van der Waals surface area contributed by atoms with Crippen LogP contribution in [0.2, 0.25) is 0 Å². The van der Waals surface area contributed by atoms with Gasteiger partial charge in [0.25, 0.3) is 0 Å². The van der Waals surface area contributed by atoms with Gasteiger partial charge in [-0.3, -0.25) is 0 Å². The van der Waals surface area contributed by atoms with Crippen molar-refractivity contribution in [1.82, 2.24) is 27.4 Å². The summed E-state index contributed by atoms with van der Waals surface area (Å²) >= 11 is 0. The fourth-order valence-corrected chi connectivity index (χ4v) is 20.5. The maximum Gasteiger partial charge on any atom is 0.159 e. The number of nitrogens with zero attached hydrogens (tertiary/aromatic N) is 6. The highest BCUT2D eigenvalue weighted by atomic mass is 16.3. The van der Waals surface area contributed by atoms with E-state index in [4.69, 9.17) is 13.3 Å². The van der Waals surface area contributed by atoms with Gasteiger partial charge in [0, 0.05) is 150 Å². The number of benzene rings is 19. The van der Waals surface area contributed by atoms with Gasteiger partial charge in [-0.25, -0.2) is 0 Å². The molecular formula is C120H76N6O3. The minimum absolute atomic E-state index is 0.895. The topological polar surface area (TPSA) is 69.0 Å². The van der Waals surface area contributed by atoms with Gasteiger partial charge >= 0.3 is 0 Å². The summed E-state index contributed by atoms with van der Waals surface area (Å²) in [5.41, 5.74) is 32.1. The van der Waals surface area contributed by atoms with Gasteiger partial charge in [-0.05, 0) is 150 Å². The standard InChI is InChI=1S/C44H28N2O.2C38H24N2O/c1-3-11-29(12-4-1)33-16-9-18-37-38-19-10-17-34(44(38)47-43(33)37)30-21-23-31(24-22-30)45-28-27-39-40(45)26-25-36-35-15-7-8-20-41(35)46(42(36)39)32-13-5-2-6-14-32;1-3-11-25(12-4-1)27-16-9-17-30-31-18-10-20-35(38(31)41-37(27)30)39-24-23-32-33(39)22-21-29-28-15-7-8-19-34(28)40(36(29)32)26-13-5-2-6-14-26;1-2-9-27(10-3-1)40-35-15-6-4-11-29(35)31-21-22-34-33(37(31)40)23-24-39(34)26-19-17-25(18-20-26)28-13-8-14-32-30-12-5-7-16-36(30)41-38(28)32/h1-28H;2*1-24H. The molecule has 9 heteroatoms. The first kappa shape index (κ1) is 73.2. The van der Waals surface area contributed by atoms with Crippen LogP contribution in [0.3, 0.4) is 0 Å². The Balaban J connectivity index is 0.000000102. The second kappa shape index (κ2) is 29.7. The Morgan fingerprint density at radius 2 is 0.434 bits per heavy atom. The van der Waals surface area contributed by atoms with Crippen molar-refractivity contribution in [3.63, 3.8) is 0 Å². The Labute approximate surface area is 739 Å². The van der Waals surface area contributed by atoms with Crippen LogP contribution in [0.5, 0.6) is 0 Å². The minimum atomic E-state index is 0.895. The maximum absolute atomic E-state index is 6.74.